The average Bonchev–Trinajstić information content (AvgIpc) is 2.83. The van der Waals surface area contributed by atoms with Gasteiger partial charge < -0.3 is 4.90 Å². The average molecular weight is 221 g/mol. The topological polar surface area (TPSA) is 47.3 Å². The van der Waals surface area contributed by atoms with E-state index < -0.39 is 0 Å². The summed E-state index contributed by atoms with van der Waals surface area (Å²) in [7, 11) is 0. The van der Waals surface area contributed by atoms with Gasteiger partial charge in [0, 0.05) is 20.0 Å². The Morgan fingerprint density at radius 3 is 2.19 bits per heavy atom. The van der Waals surface area contributed by atoms with Crippen LogP contribution in [0.4, 0.5) is 0 Å². The molecule has 2 aliphatic rings. The molecule has 2 rings (SSSR count). The highest BCUT2D eigenvalue weighted by Gasteiger charge is 2.41. The molecule has 2 heterocycles. The number of nitrogens with zero attached hydrogens (tertiary/aromatic N) is 3. The summed E-state index contributed by atoms with van der Waals surface area (Å²) in [5, 5.41) is 9.43. The van der Waals surface area contributed by atoms with Crippen LogP contribution in [0.2, 0.25) is 0 Å². The minimum absolute atomic E-state index is 0.132. The minimum atomic E-state index is -0.289. The molecule has 0 bridgehead atoms. The highest BCUT2D eigenvalue weighted by molar-refractivity contribution is 5.73. The minimum Gasteiger partial charge on any atom is -0.343 e. The standard InChI is InChI=1S/C12H19N3O/c1-11(16)14-8-4-12(10-13,5-9-14)15-6-2-3-7-15/h2-9H2,1H3. The first-order valence-corrected chi connectivity index (χ1v) is 6.10. The van der Waals surface area contributed by atoms with Crippen LogP contribution in [0.25, 0.3) is 0 Å². The zero-order valence-electron chi connectivity index (χ0n) is 9.91. The van der Waals surface area contributed by atoms with Crippen LogP contribution in [0.3, 0.4) is 0 Å². The van der Waals surface area contributed by atoms with Crippen LogP contribution in [0.5, 0.6) is 0 Å². The monoisotopic (exact) mass is 221 g/mol. The third-order valence-electron chi connectivity index (χ3n) is 3.96. The van der Waals surface area contributed by atoms with Gasteiger partial charge in [-0.1, -0.05) is 0 Å². The summed E-state index contributed by atoms with van der Waals surface area (Å²) in [4.78, 5) is 15.4. The molecule has 0 saturated carbocycles. The van der Waals surface area contributed by atoms with Crippen LogP contribution in [0, 0.1) is 11.3 Å². The summed E-state index contributed by atoms with van der Waals surface area (Å²) in [5.41, 5.74) is -0.289. The number of likely N-dealkylation sites (tertiary alicyclic amines) is 2. The lowest BCUT2D eigenvalue weighted by Gasteiger charge is -2.42. The van der Waals surface area contributed by atoms with E-state index in [0.29, 0.717) is 0 Å². The Morgan fingerprint density at radius 2 is 1.75 bits per heavy atom. The van der Waals surface area contributed by atoms with Crippen LogP contribution < -0.4 is 0 Å². The molecule has 0 aromatic carbocycles. The first kappa shape index (κ1) is 11.4. The van der Waals surface area contributed by atoms with Crippen LogP contribution in [0.1, 0.15) is 32.6 Å². The van der Waals surface area contributed by atoms with Gasteiger partial charge in [-0.05, 0) is 38.8 Å². The molecule has 4 nitrogen and oxygen atoms in total. The van der Waals surface area contributed by atoms with Gasteiger partial charge in [-0.15, -0.1) is 0 Å². The predicted molar refractivity (Wildman–Crippen MR) is 60.6 cm³/mol. The molecule has 2 fully saturated rings. The van der Waals surface area contributed by atoms with Gasteiger partial charge in [-0.3, -0.25) is 9.69 Å². The summed E-state index contributed by atoms with van der Waals surface area (Å²) in [5.74, 6) is 0.132. The number of rotatable bonds is 1. The summed E-state index contributed by atoms with van der Waals surface area (Å²) < 4.78 is 0. The Kier molecular flexibility index (Phi) is 3.15. The van der Waals surface area contributed by atoms with Crippen LogP contribution >= 0.6 is 0 Å². The zero-order valence-corrected chi connectivity index (χ0v) is 9.91. The maximum absolute atomic E-state index is 11.2. The van der Waals surface area contributed by atoms with Crippen LogP contribution in [-0.2, 0) is 4.79 Å². The molecular formula is C12H19N3O. The lowest BCUT2D eigenvalue weighted by Crippen LogP contribution is -2.54. The first-order chi connectivity index (χ1) is 7.68. The van der Waals surface area contributed by atoms with Gasteiger partial charge in [-0.25, -0.2) is 0 Å². The summed E-state index contributed by atoms with van der Waals surface area (Å²) in [6, 6.07) is 2.51. The lowest BCUT2D eigenvalue weighted by molar-refractivity contribution is -0.130. The van der Waals surface area contributed by atoms with Crippen molar-refractivity contribution in [2.75, 3.05) is 26.2 Å². The Bertz CT molecular complexity index is 307. The Morgan fingerprint density at radius 1 is 1.19 bits per heavy atom. The molecule has 2 aliphatic heterocycles. The molecule has 0 radical (unpaired) electrons. The van der Waals surface area contributed by atoms with Gasteiger partial charge in [0.25, 0.3) is 0 Å². The van der Waals surface area contributed by atoms with E-state index in [2.05, 4.69) is 11.0 Å². The number of hydrogen-bond donors (Lipinski definition) is 0. The molecule has 4 heteroatoms. The molecule has 0 unspecified atom stereocenters. The van der Waals surface area contributed by atoms with E-state index in [1.54, 1.807) is 6.92 Å². The largest absolute Gasteiger partial charge is 0.343 e. The van der Waals surface area contributed by atoms with Crippen molar-refractivity contribution in [1.82, 2.24) is 9.80 Å². The van der Waals surface area contributed by atoms with Crippen molar-refractivity contribution in [2.24, 2.45) is 0 Å². The van der Waals surface area contributed by atoms with E-state index in [0.717, 1.165) is 39.0 Å². The number of carbonyl (C=O) groups is 1. The second kappa shape index (κ2) is 4.42. The van der Waals surface area contributed by atoms with E-state index in [1.165, 1.54) is 12.8 Å². The zero-order chi connectivity index (χ0) is 11.6. The second-order valence-corrected chi connectivity index (χ2v) is 4.84. The highest BCUT2D eigenvalue weighted by Crippen LogP contribution is 2.31. The number of hydrogen-bond acceptors (Lipinski definition) is 3. The third-order valence-corrected chi connectivity index (χ3v) is 3.96. The predicted octanol–water partition coefficient (Wildman–Crippen LogP) is 0.987. The van der Waals surface area contributed by atoms with Crippen molar-refractivity contribution < 1.29 is 4.79 Å². The lowest BCUT2D eigenvalue weighted by atomic mass is 9.87. The molecule has 0 N–H and O–H groups in total. The highest BCUT2D eigenvalue weighted by atomic mass is 16.2. The molecule has 0 aromatic heterocycles. The van der Waals surface area contributed by atoms with Crippen molar-refractivity contribution in [3.63, 3.8) is 0 Å². The summed E-state index contributed by atoms with van der Waals surface area (Å²) in [6.45, 7) is 5.18. The Balaban J connectivity index is 2.03. The van der Waals surface area contributed by atoms with Gasteiger partial charge in [0.2, 0.25) is 5.91 Å². The fourth-order valence-corrected chi connectivity index (χ4v) is 2.84. The maximum atomic E-state index is 11.2. The second-order valence-electron chi connectivity index (χ2n) is 4.84. The van der Waals surface area contributed by atoms with E-state index in [9.17, 15) is 10.1 Å². The van der Waals surface area contributed by atoms with E-state index in [1.807, 2.05) is 4.90 Å². The van der Waals surface area contributed by atoms with Gasteiger partial charge >= 0.3 is 0 Å². The number of nitriles is 1. The maximum Gasteiger partial charge on any atom is 0.219 e. The number of carbonyl (C=O) groups excluding carboxylic acids is 1. The SMILES string of the molecule is CC(=O)N1CCC(C#N)(N2CCCC2)CC1. The fourth-order valence-electron chi connectivity index (χ4n) is 2.84. The van der Waals surface area contributed by atoms with Gasteiger partial charge in [0.05, 0.1) is 6.07 Å². The van der Waals surface area contributed by atoms with E-state index in [4.69, 9.17) is 0 Å². The van der Waals surface area contributed by atoms with E-state index in [-0.39, 0.29) is 11.4 Å². The van der Waals surface area contributed by atoms with E-state index >= 15 is 0 Å². The van der Waals surface area contributed by atoms with Gasteiger partial charge in [0.1, 0.15) is 5.54 Å². The molecule has 0 aromatic rings. The smallest absolute Gasteiger partial charge is 0.219 e. The van der Waals surface area contributed by atoms with Crippen LogP contribution in [-0.4, -0.2) is 47.4 Å². The molecule has 0 atom stereocenters. The molecular weight excluding hydrogens is 202 g/mol. The van der Waals surface area contributed by atoms with Crippen LogP contribution in [0.15, 0.2) is 0 Å². The summed E-state index contributed by atoms with van der Waals surface area (Å²) in [6.07, 6.45) is 4.03. The van der Waals surface area contributed by atoms with Gasteiger partial charge in [0.15, 0.2) is 0 Å². The molecule has 1 amide bonds. The van der Waals surface area contributed by atoms with Crippen molar-refractivity contribution in [3.8, 4) is 6.07 Å². The Labute approximate surface area is 96.8 Å². The Hall–Kier alpha value is -1.08. The quantitative estimate of drug-likeness (QED) is 0.663. The number of piperidine rings is 1. The van der Waals surface area contributed by atoms with Crippen molar-refractivity contribution in [2.45, 2.75) is 38.1 Å². The van der Waals surface area contributed by atoms with Crippen molar-refractivity contribution >= 4 is 5.91 Å². The molecule has 16 heavy (non-hydrogen) atoms. The van der Waals surface area contributed by atoms with Gasteiger partial charge in [-0.2, -0.15) is 5.26 Å². The molecule has 0 spiro atoms. The molecule has 88 valence electrons. The molecule has 2 saturated heterocycles. The first-order valence-electron chi connectivity index (χ1n) is 6.10. The van der Waals surface area contributed by atoms with Crippen molar-refractivity contribution in [1.29, 1.82) is 5.26 Å². The third kappa shape index (κ3) is 1.92. The normalized spacial score (nSPS) is 25.4. The van der Waals surface area contributed by atoms with Crippen molar-refractivity contribution in [3.05, 3.63) is 0 Å². The fraction of sp³-hybridized carbons (Fsp3) is 0.833. The number of amides is 1. The summed E-state index contributed by atoms with van der Waals surface area (Å²) >= 11 is 0. The molecule has 0 aliphatic carbocycles.